The van der Waals surface area contributed by atoms with Crippen LogP contribution in [0.25, 0.3) is 21.9 Å². The van der Waals surface area contributed by atoms with Crippen LogP contribution in [-0.2, 0) is 16.0 Å². The van der Waals surface area contributed by atoms with E-state index in [1.54, 1.807) is 6.92 Å². The third kappa shape index (κ3) is 5.72. The van der Waals surface area contributed by atoms with E-state index in [0.29, 0.717) is 18.9 Å². The highest BCUT2D eigenvalue weighted by molar-refractivity contribution is 5.95. The number of benzene rings is 3. The summed E-state index contributed by atoms with van der Waals surface area (Å²) in [5.41, 5.74) is 3.76. The van der Waals surface area contributed by atoms with Gasteiger partial charge in [0.2, 0.25) is 5.91 Å². The van der Waals surface area contributed by atoms with Crippen molar-refractivity contribution >= 4 is 28.3 Å². The van der Waals surface area contributed by atoms with E-state index in [0.717, 1.165) is 38.9 Å². The molecule has 1 saturated carbocycles. The normalized spacial score (nSPS) is 14.8. The van der Waals surface area contributed by atoms with E-state index in [1.165, 1.54) is 32.6 Å². The van der Waals surface area contributed by atoms with Crippen LogP contribution in [0.3, 0.4) is 0 Å². The monoisotopic (exact) mass is 445 g/mol. The molecule has 5 nitrogen and oxygen atoms in total. The fraction of sp³-hybridized carbons (Fsp3) is 0.357. The van der Waals surface area contributed by atoms with Gasteiger partial charge in [0.05, 0.1) is 12.5 Å². The maximum Gasteiger partial charge on any atom is 0.306 e. The van der Waals surface area contributed by atoms with Crippen molar-refractivity contribution in [2.75, 3.05) is 11.9 Å². The summed E-state index contributed by atoms with van der Waals surface area (Å²) in [5.74, 6) is 0.101. The van der Waals surface area contributed by atoms with Gasteiger partial charge in [-0.25, -0.2) is 0 Å². The summed E-state index contributed by atoms with van der Waals surface area (Å²) in [4.78, 5) is 22.7. The lowest BCUT2D eigenvalue weighted by atomic mass is 9.95. The number of carbonyl (C=O) groups is 2. The SMILES string of the molecule is CC(=O)Nc1ccc2cc(-c3cc(CC(C)C(=O)O)ccc3OCC3CCCC3)ccc2c1. The number of carboxylic acids is 1. The Morgan fingerprint density at radius 3 is 2.48 bits per heavy atom. The molecule has 0 radical (unpaired) electrons. The zero-order chi connectivity index (χ0) is 23.4. The van der Waals surface area contributed by atoms with Gasteiger partial charge in [-0.1, -0.05) is 44.0 Å². The van der Waals surface area contributed by atoms with Crippen molar-refractivity contribution < 1.29 is 19.4 Å². The van der Waals surface area contributed by atoms with Gasteiger partial charge >= 0.3 is 5.97 Å². The number of anilines is 1. The third-order valence-corrected chi connectivity index (χ3v) is 6.43. The smallest absolute Gasteiger partial charge is 0.306 e. The summed E-state index contributed by atoms with van der Waals surface area (Å²) in [6.07, 6.45) is 5.46. The minimum absolute atomic E-state index is 0.0950. The summed E-state index contributed by atoms with van der Waals surface area (Å²) in [5, 5.41) is 14.3. The molecular formula is C28H31NO4. The third-order valence-electron chi connectivity index (χ3n) is 6.43. The van der Waals surface area contributed by atoms with Gasteiger partial charge in [-0.2, -0.15) is 0 Å². The lowest BCUT2D eigenvalue weighted by Crippen LogP contribution is -2.12. The minimum Gasteiger partial charge on any atom is -0.493 e. The van der Waals surface area contributed by atoms with Crippen LogP contribution >= 0.6 is 0 Å². The molecule has 1 amide bonds. The Bertz CT molecular complexity index is 1160. The average molecular weight is 446 g/mol. The van der Waals surface area contributed by atoms with Crippen LogP contribution in [0.4, 0.5) is 5.69 Å². The van der Waals surface area contributed by atoms with Crippen LogP contribution in [-0.4, -0.2) is 23.6 Å². The molecule has 1 aliphatic carbocycles. The molecule has 0 aromatic heterocycles. The predicted molar refractivity (Wildman–Crippen MR) is 132 cm³/mol. The molecule has 2 N–H and O–H groups in total. The van der Waals surface area contributed by atoms with Gasteiger partial charge in [0.1, 0.15) is 5.75 Å². The molecule has 3 aromatic rings. The lowest BCUT2D eigenvalue weighted by Gasteiger charge is -2.17. The fourth-order valence-electron chi connectivity index (χ4n) is 4.58. The summed E-state index contributed by atoms with van der Waals surface area (Å²) >= 11 is 0. The van der Waals surface area contributed by atoms with Crippen molar-refractivity contribution in [2.24, 2.45) is 11.8 Å². The Morgan fingerprint density at radius 2 is 1.76 bits per heavy atom. The molecule has 33 heavy (non-hydrogen) atoms. The number of hydrogen-bond donors (Lipinski definition) is 2. The predicted octanol–water partition coefficient (Wildman–Crippen LogP) is 6.30. The first-order chi connectivity index (χ1) is 15.9. The number of rotatable bonds is 8. The molecule has 1 fully saturated rings. The number of carbonyl (C=O) groups excluding carboxylic acids is 1. The number of amides is 1. The van der Waals surface area contributed by atoms with E-state index >= 15 is 0 Å². The van der Waals surface area contributed by atoms with E-state index in [4.69, 9.17) is 4.74 Å². The van der Waals surface area contributed by atoms with Crippen molar-refractivity contribution in [1.82, 2.24) is 0 Å². The average Bonchev–Trinajstić information content (AvgIpc) is 3.31. The zero-order valence-corrected chi connectivity index (χ0v) is 19.3. The van der Waals surface area contributed by atoms with Gasteiger partial charge in [-0.15, -0.1) is 0 Å². The van der Waals surface area contributed by atoms with Crippen molar-refractivity contribution in [2.45, 2.75) is 46.0 Å². The van der Waals surface area contributed by atoms with Crippen LogP contribution in [0.15, 0.2) is 54.6 Å². The molecular weight excluding hydrogens is 414 g/mol. The molecule has 1 unspecified atom stereocenters. The van der Waals surface area contributed by atoms with Gasteiger partial charge in [0.15, 0.2) is 0 Å². The van der Waals surface area contributed by atoms with Crippen molar-refractivity contribution in [1.29, 1.82) is 0 Å². The molecule has 4 rings (SSSR count). The molecule has 0 aliphatic heterocycles. The van der Waals surface area contributed by atoms with Gasteiger partial charge in [0.25, 0.3) is 0 Å². The second kappa shape index (κ2) is 10.1. The van der Waals surface area contributed by atoms with Crippen molar-refractivity contribution in [3.8, 4) is 16.9 Å². The first-order valence-corrected chi connectivity index (χ1v) is 11.7. The number of ether oxygens (including phenoxy) is 1. The van der Waals surface area contributed by atoms with Crippen LogP contribution in [0.2, 0.25) is 0 Å². The Balaban J connectivity index is 1.67. The molecule has 1 aliphatic rings. The highest BCUT2D eigenvalue weighted by atomic mass is 16.5. The largest absolute Gasteiger partial charge is 0.493 e. The number of nitrogens with one attached hydrogen (secondary N) is 1. The van der Waals surface area contributed by atoms with E-state index in [9.17, 15) is 14.7 Å². The standard InChI is InChI=1S/C28H31NO4/c1-18(28(31)32)13-21-7-12-27(33-17-20-5-3-4-6-20)26(14-21)24-9-8-23-16-25(29-19(2)30)11-10-22(23)15-24/h7-12,14-16,18,20H,3-6,13,17H2,1-2H3,(H,29,30)(H,31,32). The van der Waals surface area contributed by atoms with Gasteiger partial charge in [0, 0.05) is 18.2 Å². The molecule has 0 spiro atoms. The van der Waals surface area contributed by atoms with Gasteiger partial charge in [-0.05, 0) is 77.4 Å². The first-order valence-electron chi connectivity index (χ1n) is 11.7. The van der Waals surface area contributed by atoms with Crippen LogP contribution in [0.1, 0.15) is 45.1 Å². The van der Waals surface area contributed by atoms with Crippen molar-refractivity contribution in [3.63, 3.8) is 0 Å². The summed E-state index contributed by atoms with van der Waals surface area (Å²) in [6.45, 7) is 3.94. The number of fused-ring (bicyclic) bond motifs is 1. The molecule has 0 bridgehead atoms. The van der Waals surface area contributed by atoms with Gasteiger partial charge in [-0.3, -0.25) is 9.59 Å². The van der Waals surface area contributed by atoms with E-state index in [2.05, 4.69) is 23.5 Å². The number of aliphatic carboxylic acids is 1. The van der Waals surface area contributed by atoms with E-state index in [1.807, 2.05) is 36.4 Å². The molecule has 172 valence electrons. The number of carboxylic acid groups (broad SMARTS) is 1. The van der Waals surface area contributed by atoms with E-state index in [-0.39, 0.29) is 5.91 Å². The van der Waals surface area contributed by atoms with Crippen LogP contribution in [0.5, 0.6) is 5.75 Å². The summed E-state index contributed by atoms with van der Waals surface area (Å²) in [7, 11) is 0. The second-order valence-electron chi connectivity index (χ2n) is 9.19. The highest BCUT2D eigenvalue weighted by Crippen LogP contribution is 2.35. The first kappa shape index (κ1) is 22.8. The lowest BCUT2D eigenvalue weighted by molar-refractivity contribution is -0.141. The highest BCUT2D eigenvalue weighted by Gasteiger charge is 2.18. The van der Waals surface area contributed by atoms with Crippen molar-refractivity contribution in [3.05, 3.63) is 60.2 Å². The Labute approximate surface area is 194 Å². The van der Waals surface area contributed by atoms with E-state index < -0.39 is 11.9 Å². The fourth-order valence-corrected chi connectivity index (χ4v) is 4.58. The maximum atomic E-state index is 11.4. The summed E-state index contributed by atoms with van der Waals surface area (Å²) in [6, 6.07) is 18.1. The quantitative estimate of drug-likeness (QED) is 0.427. The molecule has 3 aromatic carbocycles. The van der Waals surface area contributed by atoms with Crippen LogP contribution < -0.4 is 10.1 Å². The topological polar surface area (TPSA) is 75.6 Å². The second-order valence-corrected chi connectivity index (χ2v) is 9.19. The molecule has 5 heteroatoms. The Kier molecular flexibility index (Phi) is 6.97. The summed E-state index contributed by atoms with van der Waals surface area (Å²) < 4.78 is 6.29. The zero-order valence-electron chi connectivity index (χ0n) is 19.3. The van der Waals surface area contributed by atoms with Crippen LogP contribution in [0, 0.1) is 11.8 Å². The molecule has 0 saturated heterocycles. The van der Waals surface area contributed by atoms with Gasteiger partial charge < -0.3 is 15.2 Å². The number of hydrogen-bond acceptors (Lipinski definition) is 3. The minimum atomic E-state index is -0.793. The Hall–Kier alpha value is -3.34. The molecule has 1 atom stereocenters. The molecule has 0 heterocycles. The Morgan fingerprint density at radius 1 is 1.03 bits per heavy atom. The maximum absolute atomic E-state index is 11.4.